The van der Waals surface area contributed by atoms with E-state index in [9.17, 15) is 27.2 Å². The average Bonchev–Trinajstić information content (AvgIpc) is 3.10. The summed E-state index contributed by atoms with van der Waals surface area (Å²) >= 11 is 0. The molecule has 2 amide bonds. The second-order valence-electron chi connectivity index (χ2n) is 6.99. The van der Waals surface area contributed by atoms with Crippen LogP contribution in [0.3, 0.4) is 0 Å². The summed E-state index contributed by atoms with van der Waals surface area (Å²) in [5.41, 5.74) is 0.825. The van der Waals surface area contributed by atoms with Gasteiger partial charge in [-0.3, -0.25) is 14.5 Å². The molecule has 0 bridgehead atoms. The summed E-state index contributed by atoms with van der Waals surface area (Å²) in [6.07, 6.45) is -4.39. The van der Waals surface area contributed by atoms with Crippen molar-refractivity contribution in [2.45, 2.75) is 31.1 Å². The highest BCUT2D eigenvalue weighted by molar-refractivity contribution is 5.90. The van der Waals surface area contributed by atoms with Crippen molar-refractivity contribution in [1.82, 2.24) is 14.7 Å². The van der Waals surface area contributed by atoms with Crippen LogP contribution in [-0.2, 0) is 9.59 Å². The van der Waals surface area contributed by atoms with Gasteiger partial charge >= 0.3 is 12.1 Å². The number of benzene rings is 1. The summed E-state index contributed by atoms with van der Waals surface area (Å²) in [4.78, 5) is 28.7. The molecule has 2 heterocycles. The first-order chi connectivity index (χ1) is 12.7. The van der Waals surface area contributed by atoms with Crippen LogP contribution >= 0.6 is 0 Å². The Balaban J connectivity index is 1.74. The molecule has 2 saturated heterocycles. The standard InChI is InChI=1S/C18H21F4N3O2/c1-23-9-10-24(11-15(23)12-4-6-13(19)7-5-12)16(26)14-3-2-8-25(14)17(27)18(20,21)22/h4-7,14-15H,2-3,8-11H2,1H3. The molecule has 2 unspecified atom stereocenters. The summed E-state index contributed by atoms with van der Waals surface area (Å²) in [5, 5.41) is 0. The van der Waals surface area contributed by atoms with Crippen molar-refractivity contribution in [1.29, 1.82) is 0 Å². The lowest BCUT2D eigenvalue weighted by atomic mass is 10.0. The minimum atomic E-state index is -4.98. The number of halogens is 4. The molecule has 0 spiro atoms. The maximum Gasteiger partial charge on any atom is 0.471 e. The minimum Gasteiger partial charge on any atom is -0.338 e. The van der Waals surface area contributed by atoms with Crippen molar-refractivity contribution in [3.63, 3.8) is 0 Å². The highest BCUT2D eigenvalue weighted by Crippen LogP contribution is 2.29. The fourth-order valence-electron chi connectivity index (χ4n) is 3.76. The predicted octanol–water partition coefficient (Wildman–Crippen LogP) is 2.19. The van der Waals surface area contributed by atoms with Gasteiger partial charge in [0.25, 0.3) is 0 Å². The maximum atomic E-state index is 13.2. The number of hydrogen-bond acceptors (Lipinski definition) is 3. The summed E-state index contributed by atoms with van der Waals surface area (Å²) in [6, 6.07) is 4.70. The zero-order valence-electron chi connectivity index (χ0n) is 14.9. The number of carbonyl (C=O) groups excluding carboxylic acids is 2. The Hall–Kier alpha value is -2.16. The van der Waals surface area contributed by atoms with Crippen LogP contribution in [0.25, 0.3) is 0 Å². The molecule has 2 atom stereocenters. The molecule has 148 valence electrons. The minimum absolute atomic E-state index is 0.0656. The van der Waals surface area contributed by atoms with Gasteiger partial charge in [0.15, 0.2) is 0 Å². The predicted molar refractivity (Wildman–Crippen MR) is 89.1 cm³/mol. The first kappa shape index (κ1) is 19.6. The molecule has 2 aliphatic heterocycles. The number of nitrogens with zero attached hydrogens (tertiary/aromatic N) is 3. The second kappa shape index (κ2) is 7.46. The van der Waals surface area contributed by atoms with E-state index in [0.29, 0.717) is 24.4 Å². The third kappa shape index (κ3) is 4.07. The summed E-state index contributed by atoms with van der Waals surface area (Å²) < 4.78 is 51.5. The fraction of sp³-hybridized carbons (Fsp3) is 0.556. The number of likely N-dealkylation sites (tertiary alicyclic amines) is 1. The van der Waals surface area contributed by atoms with Crippen LogP contribution in [0, 0.1) is 5.82 Å². The molecule has 1 aromatic carbocycles. The molecular formula is C18H21F4N3O2. The normalized spacial score (nSPS) is 24.3. The van der Waals surface area contributed by atoms with Crippen molar-refractivity contribution in [3.8, 4) is 0 Å². The van der Waals surface area contributed by atoms with Gasteiger partial charge in [0.05, 0.1) is 6.04 Å². The third-order valence-electron chi connectivity index (χ3n) is 5.26. The topological polar surface area (TPSA) is 43.9 Å². The fourth-order valence-corrected chi connectivity index (χ4v) is 3.76. The van der Waals surface area contributed by atoms with E-state index in [0.717, 1.165) is 5.56 Å². The molecule has 3 rings (SSSR count). The van der Waals surface area contributed by atoms with Crippen LogP contribution in [-0.4, -0.2) is 72.0 Å². The lowest BCUT2D eigenvalue weighted by Gasteiger charge is -2.41. The number of hydrogen-bond donors (Lipinski definition) is 0. The molecule has 0 radical (unpaired) electrons. The van der Waals surface area contributed by atoms with Crippen LogP contribution in [0.1, 0.15) is 24.4 Å². The largest absolute Gasteiger partial charge is 0.471 e. The first-order valence-corrected chi connectivity index (χ1v) is 8.81. The Morgan fingerprint density at radius 3 is 2.37 bits per heavy atom. The number of rotatable bonds is 2. The average molecular weight is 387 g/mol. The van der Waals surface area contributed by atoms with E-state index in [1.54, 1.807) is 12.1 Å². The molecule has 0 aromatic heterocycles. The van der Waals surface area contributed by atoms with Gasteiger partial charge in [0, 0.05) is 26.2 Å². The number of carbonyl (C=O) groups is 2. The van der Waals surface area contributed by atoms with Gasteiger partial charge in [-0.15, -0.1) is 0 Å². The van der Waals surface area contributed by atoms with Crippen LogP contribution in [0.5, 0.6) is 0 Å². The summed E-state index contributed by atoms with van der Waals surface area (Å²) in [5.74, 6) is -2.77. The Labute approximate surface area is 154 Å². The van der Waals surface area contributed by atoms with E-state index in [1.165, 1.54) is 17.0 Å². The van der Waals surface area contributed by atoms with E-state index >= 15 is 0 Å². The van der Waals surface area contributed by atoms with E-state index in [1.807, 2.05) is 11.9 Å². The van der Waals surface area contributed by atoms with Gasteiger partial charge in [-0.2, -0.15) is 13.2 Å². The van der Waals surface area contributed by atoms with E-state index < -0.39 is 24.0 Å². The molecule has 1 aromatic rings. The van der Waals surface area contributed by atoms with Crippen LogP contribution in [0.4, 0.5) is 17.6 Å². The van der Waals surface area contributed by atoms with Crippen LogP contribution in [0.15, 0.2) is 24.3 Å². The lowest BCUT2D eigenvalue weighted by molar-refractivity contribution is -0.187. The molecule has 0 N–H and O–H groups in total. The Morgan fingerprint density at radius 1 is 1.07 bits per heavy atom. The maximum absolute atomic E-state index is 13.2. The Morgan fingerprint density at radius 2 is 1.74 bits per heavy atom. The van der Waals surface area contributed by atoms with E-state index in [-0.39, 0.29) is 31.4 Å². The zero-order valence-corrected chi connectivity index (χ0v) is 14.9. The SMILES string of the molecule is CN1CCN(C(=O)C2CCCN2C(=O)C(F)(F)F)CC1c1ccc(F)cc1. The van der Waals surface area contributed by atoms with Crippen molar-refractivity contribution in [2.75, 3.05) is 33.2 Å². The molecule has 5 nitrogen and oxygen atoms in total. The summed E-state index contributed by atoms with van der Waals surface area (Å²) in [6.45, 7) is 1.13. The monoisotopic (exact) mass is 387 g/mol. The quantitative estimate of drug-likeness (QED) is 0.731. The smallest absolute Gasteiger partial charge is 0.338 e. The van der Waals surface area contributed by atoms with Crippen molar-refractivity contribution < 1.29 is 27.2 Å². The van der Waals surface area contributed by atoms with Crippen molar-refractivity contribution in [2.24, 2.45) is 0 Å². The molecular weight excluding hydrogens is 366 g/mol. The van der Waals surface area contributed by atoms with E-state index in [2.05, 4.69) is 0 Å². The zero-order chi connectivity index (χ0) is 19.8. The second-order valence-corrected chi connectivity index (χ2v) is 6.99. The molecule has 0 saturated carbocycles. The highest BCUT2D eigenvalue weighted by Gasteiger charge is 2.48. The van der Waals surface area contributed by atoms with Crippen molar-refractivity contribution in [3.05, 3.63) is 35.6 Å². The van der Waals surface area contributed by atoms with Gasteiger partial charge in [0.1, 0.15) is 11.9 Å². The van der Waals surface area contributed by atoms with Gasteiger partial charge in [-0.1, -0.05) is 12.1 Å². The molecule has 27 heavy (non-hydrogen) atoms. The molecule has 2 aliphatic rings. The Kier molecular flexibility index (Phi) is 5.41. The van der Waals surface area contributed by atoms with Gasteiger partial charge < -0.3 is 9.80 Å². The number of alkyl halides is 3. The highest BCUT2D eigenvalue weighted by atomic mass is 19.4. The van der Waals surface area contributed by atoms with E-state index in [4.69, 9.17) is 0 Å². The van der Waals surface area contributed by atoms with Crippen LogP contribution in [0.2, 0.25) is 0 Å². The first-order valence-electron chi connectivity index (χ1n) is 8.81. The van der Waals surface area contributed by atoms with Crippen molar-refractivity contribution >= 4 is 11.8 Å². The number of likely N-dealkylation sites (N-methyl/N-ethyl adjacent to an activating group) is 1. The Bertz CT molecular complexity index is 708. The molecule has 2 fully saturated rings. The van der Waals surface area contributed by atoms with Gasteiger partial charge in [-0.25, -0.2) is 4.39 Å². The van der Waals surface area contributed by atoms with Gasteiger partial charge in [0.2, 0.25) is 5.91 Å². The third-order valence-corrected chi connectivity index (χ3v) is 5.26. The molecule has 0 aliphatic carbocycles. The lowest BCUT2D eigenvalue weighted by Crippen LogP contribution is -2.56. The number of amides is 2. The molecule has 9 heteroatoms. The number of piperazine rings is 1. The summed E-state index contributed by atoms with van der Waals surface area (Å²) in [7, 11) is 1.88. The van der Waals surface area contributed by atoms with Gasteiger partial charge in [-0.05, 0) is 37.6 Å². The van der Waals surface area contributed by atoms with Crippen LogP contribution < -0.4 is 0 Å².